The molecule has 3 heterocycles. The Kier molecular flexibility index (Phi) is 19.5. The third-order valence-electron chi connectivity index (χ3n) is 11.7. The summed E-state index contributed by atoms with van der Waals surface area (Å²) < 4.78 is 49.3. The third-order valence-corrected chi connectivity index (χ3v) is 13.3. The lowest BCUT2D eigenvalue weighted by Crippen LogP contribution is -2.49. The predicted molar refractivity (Wildman–Crippen MR) is 264 cm³/mol. The van der Waals surface area contributed by atoms with Crippen molar-refractivity contribution in [3.63, 3.8) is 0 Å². The number of hydroxylamine groups is 1. The number of halogens is 4. The van der Waals surface area contributed by atoms with Crippen LogP contribution in [0.1, 0.15) is 104 Å². The molecule has 1 fully saturated rings. The molecule has 1 saturated heterocycles. The number of rotatable bonds is 24. The summed E-state index contributed by atoms with van der Waals surface area (Å²) in [5, 5.41) is 26.5. The SMILES string of the molecule is Cc1cc([C@H](C(=O)N2C[C@H](O)C[C@H]2C(=O)N[C@@H](CC(=O)NCCCCCCNCCCONC(=O)c2ccc(F)c(F)c2Nc2ccc(I)cc2F)c2ccc(-c3scnc3C)cc2)C(C)C)on1. The first-order valence-electron chi connectivity index (χ1n) is 22.9. The number of nitrogens with zero attached hydrogens (tertiary/aromatic N) is 3. The monoisotopic (exact) mass is 1090 g/mol. The highest BCUT2D eigenvalue weighted by Gasteiger charge is 2.43. The average molecular weight is 1090 g/mol. The highest BCUT2D eigenvalue weighted by Crippen LogP contribution is 2.33. The van der Waals surface area contributed by atoms with Crippen LogP contribution in [-0.2, 0) is 19.2 Å². The molecule has 4 atom stereocenters. The topological polar surface area (TPSA) is 200 Å². The van der Waals surface area contributed by atoms with Crippen molar-refractivity contribution in [2.45, 2.75) is 96.7 Å². The minimum absolute atomic E-state index is 0.0135. The summed E-state index contributed by atoms with van der Waals surface area (Å²) in [6.07, 6.45) is 3.05. The summed E-state index contributed by atoms with van der Waals surface area (Å²) in [5.41, 5.74) is 6.31. The second-order valence-corrected chi connectivity index (χ2v) is 19.4. The molecule has 0 unspecified atom stereocenters. The fourth-order valence-corrected chi connectivity index (χ4v) is 9.35. The summed E-state index contributed by atoms with van der Waals surface area (Å²) in [6, 6.07) is 13.7. The van der Waals surface area contributed by atoms with Crippen molar-refractivity contribution in [2.24, 2.45) is 5.92 Å². The van der Waals surface area contributed by atoms with Crippen molar-refractivity contribution < 1.29 is 46.8 Å². The van der Waals surface area contributed by atoms with E-state index in [1.54, 1.807) is 24.6 Å². The van der Waals surface area contributed by atoms with Crippen LogP contribution in [-0.4, -0.2) is 88.7 Å². The van der Waals surface area contributed by atoms with Gasteiger partial charge in [0.05, 0.1) is 63.9 Å². The number of likely N-dealkylation sites (tertiary alicyclic amines) is 1. The van der Waals surface area contributed by atoms with Crippen molar-refractivity contribution in [2.75, 3.05) is 38.1 Å². The Morgan fingerprint density at radius 1 is 0.942 bits per heavy atom. The number of carbonyl (C=O) groups excluding carboxylic acids is 4. The number of amides is 4. The summed E-state index contributed by atoms with van der Waals surface area (Å²) in [4.78, 5) is 66.4. The Hall–Kier alpha value is -5.42. The first kappa shape index (κ1) is 52.9. The van der Waals surface area contributed by atoms with Gasteiger partial charge in [-0.3, -0.25) is 24.0 Å². The van der Waals surface area contributed by atoms with Gasteiger partial charge < -0.3 is 35.8 Å². The number of carbonyl (C=O) groups is 4. The molecule has 1 aliphatic heterocycles. The molecule has 6 rings (SSSR count). The molecule has 0 aliphatic carbocycles. The second-order valence-electron chi connectivity index (χ2n) is 17.3. The van der Waals surface area contributed by atoms with Crippen LogP contribution in [0.4, 0.5) is 24.5 Å². The number of unbranched alkanes of at least 4 members (excludes halogenated alkanes) is 3. The lowest BCUT2D eigenvalue weighted by Gasteiger charge is -2.30. The predicted octanol–water partition coefficient (Wildman–Crippen LogP) is 8.15. The van der Waals surface area contributed by atoms with Gasteiger partial charge in [0.2, 0.25) is 17.7 Å². The molecule has 0 radical (unpaired) electrons. The van der Waals surface area contributed by atoms with E-state index in [-0.39, 0.29) is 55.0 Å². The van der Waals surface area contributed by atoms with E-state index in [2.05, 4.69) is 36.9 Å². The molecule has 5 aromatic rings. The van der Waals surface area contributed by atoms with Gasteiger partial charge in [-0.1, -0.05) is 56.1 Å². The zero-order valence-electron chi connectivity index (χ0n) is 38.9. The smallest absolute Gasteiger partial charge is 0.277 e. The number of anilines is 2. The van der Waals surface area contributed by atoms with Crippen LogP contribution < -0.4 is 26.7 Å². The number of β-amino-alcohol motifs (C(OH)–C–C–N with tert-alkyl or cyclic N) is 1. The molecule has 69 heavy (non-hydrogen) atoms. The quantitative estimate of drug-likeness (QED) is 0.0198. The van der Waals surface area contributed by atoms with Crippen LogP contribution in [0.15, 0.2) is 70.7 Å². The van der Waals surface area contributed by atoms with E-state index >= 15 is 0 Å². The Bertz CT molecular complexity index is 2540. The maximum atomic E-state index is 14.7. The van der Waals surface area contributed by atoms with Crippen LogP contribution in [0.25, 0.3) is 10.4 Å². The summed E-state index contributed by atoms with van der Waals surface area (Å²) >= 11 is 3.44. The molecule has 3 aromatic carbocycles. The molecule has 20 heteroatoms. The minimum atomic E-state index is -1.33. The summed E-state index contributed by atoms with van der Waals surface area (Å²) in [7, 11) is 0. The van der Waals surface area contributed by atoms with Gasteiger partial charge in [0.25, 0.3) is 5.91 Å². The maximum Gasteiger partial charge on any atom is 0.277 e. The lowest BCUT2D eigenvalue weighted by molar-refractivity contribution is -0.141. The lowest BCUT2D eigenvalue weighted by atomic mass is 9.91. The highest BCUT2D eigenvalue weighted by molar-refractivity contribution is 14.1. The first-order valence-corrected chi connectivity index (χ1v) is 24.9. The molecule has 15 nitrogen and oxygen atoms in total. The molecule has 0 saturated carbocycles. The van der Waals surface area contributed by atoms with Gasteiger partial charge in [0.1, 0.15) is 23.5 Å². The second kappa shape index (κ2) is 25.4. The van der Waals surface area contributed by atoms with Gasteiger partial charge in [-0.15, -0.1) is 11.3 Å². The van der Waals surface area contributed by atoms with Crippen molar-refractivity contribution in [1.82, 2.24) is 36.5 Å². The summed E-state index contributed by atoms with van der Waals surface area (Å²) in [6.45, 7) is 9.38. The van der Waals surface area contributed by atoms with Crippen molar-refractivity contribution in [1.29, 1.82) is 0 Å². The van der Waals surface area contributed by atoms with E-state index in [9.17, 15) is 37.5 Å². The van der Waals surface area contributed by atoms with Crippen LogP contribution in [0, 0.1) is 40.8 Å². The van der Waals surface area contributed by atoms with Crippen LogP contribution >= 0.6 is 33.9 Å². The Morgan fingerprint density at radius 3 is 2.36 bits per heavy atom. The van der Waals surface area contributed by atoms with Gasteiger partial charge in [-0.05, 0) is 116 Å². The molecular formula is C49H58F3IN8O7S. The number of thiazole rings is 1. The normalized spacial score (nSPS) is 15.5. The van der Waals surface area contributed by atoms with Crippen molar-refractivity contribution in [3.8, 4) is 10.4 Å². The number of aryl methyl sites for hydroxylation is 2. The van der Waals surface area contributed by atoms with Crippen LogP contribution in [0.3, 0.4) is 0 Å². The fourth-order valence-electron chi connectivity index (χ4n) is 8.08. The number of nitrogens with one attached hydrogen (secondary N) is 5. The van der Waals surface area contributed by atoms with Gasteiger partial charge in [0, 0.05) is 29.1 Å². The first-order chi connectivity index (χ1) is 33.1. The van der Waals surface area contributed by atoms with Crippen LogP contribution in [0.5, 0.6) is 0 Å². The van der Waals surface area contributed by atoms with Crippen molar-refractivity contribution >= 4 is 68.9 Å². The Morgan fingerprint density at radius 2 is 1.68 bits per heavy atom. The number of benzene rings is 3. The van der Waals surface area contributed by atoms with E-state index in [4.69, 9.17) is 9.36 Å². The Labute approximate surface area is 416 Å². The summed E-state index contributed by atoms with van der Waals surface area (Å²) in [5.74, 6) is -5.59. The third kappa shape index (κ3) is 14.6. The number of aliphatic hydroxyl groups excluding tert-OH is 1. The number of hydrogen-bond donors (Lipinski definition) is 6. The zero-order valence-corrected chi connectivity index (χ0v) is 41.9. The van der Waals surface area contributed by atoms with Crippen LogP contribution in [0.2, 0.25) is 0 Å². The van der Waals surface area contributed by atoms with E-state index in [0.29, 0.717) is 40.1 Å². The van der Waals surface area contributed by atoms with E-state index in [1.807, 2.05) is 67.6 Å². The molecule has 6 N–H and O–H groups in total. The average Bonchev–Trinajstić information content (AvgIpc) is 4.06. The minimum Gasteiger partial charge on any atom is -0.391 e. The molecule has 370 valence electrons. The van der Waals surface area contributed by atoms with E-state index < -0.39 is 59.1 Å². The molecule has 2 aromatic heterocycles. The van der Waals surface area contributed by atoms with Gasteiger partial charge >= 0.3 is 0 Å². The number of hydrogen-bond acceptors (Lipinski definition) is 12. The molecule has 1 aliphatic rings. The highest BCUT2D eigenvalue weighted by atomic mass is 127. The molecule has 4 amide bonds. The van der Waals surface area contributed by atoms with E-state index in [0.717, 1.165) is 60.5 Å². The van der Waals surface area contributed by atoms with Crippen molar-refractivity contribution in [3.05, 3.63) is 115 Å². The molecule has 0 spiro atoms. The zero-order chi connectivity index (χ0) is 49.6. The molecule has 0 bridgehead atoms. The van der Waals surface area contributed by atoms with Gasteiger partial charge in [-0.2, -0.15) is 0 Å². The Balaban J connectivity index is 0.920. The number of aromatic nitrogens is 2. The molecular weight excluding hydrogens is 1030 g/mol. The number of aliphatic hydroxyl groups is 1. The van der Waals surface area contributed by atoms with Gasteiger partial charge in [-0.25, -0.2) is 23.6 Å². The van der Waals surface area contributed by atoms with E-state index in [1.165, 1.54) is 28.4 Å². The fraction of sp³-hybridized carbons (Fsp3) is 0.429. The largest absolute Gasteiger partial charge is 0.391 e. The standard InChI is InChI=1S/C49H58F3IN8O7S/c1-28(2)43(41-22-29(3)59-68-41)49(66)61-26-34(62)24-40(61)48(65)58-39(31-10-12-32(13-11-31)46-30(4)56-27-69-46)25-42(63)55-20-8-6-5-7-18-54-19-9-21-67-60-47(64)35-15-16-36(50)44(52)45(35)57-38-17-14-33(53)23-37(38)51/h10-17,22-23,27-28,34,39-40,43,54,57,62H,5-9,18-21,24-26H2,1-4H3,(H,55,63)(H,58,65)(H,60,64)/t34-,39+,40+,43-/m1/s1. The maximum absolute atomic E-state index is 14.7. The van der Waals surface area contributed by atoms with Gasteiger partial charge in [0.15, 0.2) is 11.6 Å².